The van der Waals surface area contributed by atoms with Crippen LogP contribution < -0.4 is 4.72 Å². The lowest BCUT2D eigenvalue weighted by atomic mass is 10.7. The molecule has 0 saturated heterocycles. The van der Waals surface area contributed by atoms with Crippen molar-refractivity contribution in [1.29, 1.82) is 0 Å². The fraction of sp³-hybridized carbons (Fsp3) is 1.00. The van der Waals surface area contributed by atoms with Crippen molar-refractivity contribution in [3.63, 3.8) is 0 Å². The van der Waals surface area contributed by atoms with E-state index in [1.165, 1.54) is 0 Å². The highest BCUT2D eigenvalue weighted by Crippen LogP contribution is 1.77. The van der Waals surface area contributed by atoms with Crippen molar-refractivity contribution in [2.24, 2.45) is 0 Å². The Kier molecular flexibility index (Phi) is 9.07. The van der Waals surface area contributed by atoms with Gasteiger partial charge in [0.1, 0.15) is 0 Å². The van der Waals surface area contributed by atoms with Crippen LogP contribution in [0.2, 0.25) is 0 Å². The third-order valence-corrected chi connectivity index (χ3v) is 1.48. The van der Waals surface area contributed by atoms with Gasteiger partial charge in [-0.2, -0.15) is 0 Å². The Balaban J connectivity index is 2.86. The minimum atomic E-state index is -2.19. The molecule has 1 atom stereocenters. The lowest BCUT2D eigenvalue weighted by Gasteiger charge is -2.07. The van der Waals surface area contributed by atoms with E-state index in [2.05, 4.69) is 4.72 Å². The zero-order chi connectivity index (χ0) is 9.23. The minimum absolute atomic E-state index is 0.308. The summed E-state index contributed by atoms with van der Waals surface area (Å²) in [6.45, 7) is 4.32. The van der Waals surface area contributed by atoms with Gasteiger partial charge in [-0.1, -0.05) is 0 Å². The zero-order valence-corrected chi connectivity index (χ0v) is 7.89. The molecule has 0 amide bonds. The molecule has 0 spiro atoms. The standard InChI is InChI=1S/C6H15NO4S/c1-2-10-5-6-11-4-3-7-12(8)9/h7H,2-6H2,1H3,(H,8,9)/p-1. The molecular formula is C6H14NO4S-. The maximum absolute atomic E-state index is 9.94. The van der Waals surface area contributed by atoms with Crippen LogP contribution in [0, 0.1) is 0 Å². The number of ether oxygens (including phenoxy) is 2. The molecule has 0 radical (unpaired) electrons. The van der Waals surface area contributed by atoms with Gasteiger partial charge in [0, 0.05) is 24.4 Å². The quantitative estimate of drug-likeness (QED) is 0.416. The molecule has 5 nitrogen and oxygen atoms in total. The SMILES string of the molecule is CCOCCOCCNS(=O)[O-]. The first kappa shape index (κ1) is 12.0. The Hall–Kier alpha value is -0.0100. The van der Waals surface area contributed by atoms with Crippen molar-refractivity contribution in [1.82, 2.24) is 4.72 Å². The van der Waals surface area contributed by atoms with Gasteiger partial charge < -0.3 is 14.0 Å². The summed E-state index contributed by atoms with van der Waals surface area (Å²) < 4.78 is 32.1. The topological polar surface area (TPSA) is 70.6 Å². The molecule has 0 heterocycles. The van der Waals surface area contributed by atoms with Crippen molar-refractivity contribution < 1.29 is 18.2 Å². The van der Waals surface area contributed by atoms with Gasteiger partial charge in [0.15, 0.2) is 0 Å². The van der Waals surface area contributed by atoms with Crippen LogP contribution in [0.5, 0.6) is 0 Å². The second-order valence-corrected chi connectivity index (χ2v) is 2.70. The predicted molar refractivity (Wildman–Crippen MR) is 44.2 cm³/mol. The molecule has 0 aliphatic carbocycles. The van der Waals surface area contributed by atoms with Gasteiger partial charge in [-0.3, -0.25) is 4.21 Å². The van der Waals surface area contributed by atoms with Crippen LogP contribution in [-0.2, 0) is 20.7 Å². The van der Waals surface area contributed by atoms with E-state index in [1.54, 1.807) is 0 Å². The van der Waals surface area contributed by atoms with Gasteiger partial charge in [0.2, 0.25) is 0 Å². The van der Waals surface area contributed by atoms with E-state index in [-0.39, 0.29) is 0 Å². The molecule has 0 aliphatic rings. The third-order valence-electron chi connectivity index (χ3n) is 1.04. The van der Waals surface area contributed by atoms with Crippen molar-refractivity contribution in [2.45, 2.75) is 6.92 Å². The Morgan fingerprint density at radius 2 is 2.00 bits per heavy atom. The van der Waals surface area contributed by atoms with Crippen LogP contribution in [0.3, 0.4) is 0 Å². The summed E-state index contributed by atoms with van der Waals surface area (Å²) >= 11 is -2.19. The predicted octanol–water partition coefficient (Wildman–Crippen LogP) is -0.577. The summed E-state index contributed by atoms with van der Waals surface area (Å²) in [7, 11) is 0. The molecule has 0 fully saturated rings. The van der Waals surface area contributed by atoms with Crippen LogP contribution >= 0.6 is 0 Å². The van der Waals surface area contributed by atoms with E-state index < -0.39 is 11.3 Å². The zero-order valence-electron chi connectivity index (χ0n) is 7.08. The molecule has 1 unspecified atom stereocenters. The second kappa shape index (κ2) is 9.08. The van der Waals surface area contributed by atoms with Crippen LogP contribution in [-0.4, -0.2) is 41.7 Å². The highest BCUT2D eigenvalue weighted by atomic mass is 32.2. The van der Waals surface area contributed by atoms with Gasteiger partial charge in [-0.25, -0.2) is 4.72 Å². The largest absolute Gasteiger partial charge is 0.760 e. The molecule has 0 aromatic heterocycles. The maximum Gasteiger partial charge on any atom is 0.0701 e. The number of rotatable bonds is 8. The molecule has 0 aromatic rings. The van der Waals surface area contributed by atoms with E-state index in [1.807, 2.05) is 6.92 Å². The average Bonchev–Trinajstić information content (AvgIpc) is 2.02. The fourth-order valence-electron chi connectivity index (χ4n) is 0.561. The summed E-state index contributed by atoms with van der Waals surface area (Å²) in [4.78, 5) is 0. The van der Waals surface area contributed by atoms with E-state index in [9.17, 15) is 8.76 Å². The Labute approximate surface area is 74.9 Å². The number of hydrogen-bond donors (Lipinski definition) is 1. The molecule has 0 aliphatic heterocycles. The first-order valence-electron chi connectivity index (χ1n) is 3.75. The first-order valence-corrected chi connectivity index (χ1v) is 4.83. The molecule has 0 saturated carbocycles. The molecule has 0 rings (SSSR count). The van der Waals surface area contributed by atoms with Crippen LogP contribution in [0.1, 0.15) is 6.92 Å². The van der Waals surface area contributed by atoms with Crippen molar-refractivity contribution in [3.05, 3.63) is 0 Å². The van der Waals surface area contributed by atoms with E-state index in [0.29, 0.717) is 33.0 Å². The highest BCUT2D eigenvalue weighted by molar-refractivity contribution is 7.77. The fourth-order valence-corrected chi connectivity index (χ4v) is 0.811. The van der Waals surface area contributed by atoms with Crippen LogP contribution in [0.25, 0.3) is 0 Å². The Bertz CT molecular complexity index is 122. The summed E-state index contributed by atoms with van der Waals surface area (Å²) in [5.41, 5.74) is 0. The lowest BCUT2D eigenvalue weighted by molar-refractivity contribution is 0.0552. The average molecular weight is 196 g/mol. The van der Waals surface area contributed by atoms with Gasteiger partial charge in [0.05, 0.1) is 19.8 Å². The van der Waals surface area contributed by atoms with Crippen LogP contribution in [0.4, 0.5) is 0 Å². The maximum atomic E-state index is 9.94. The minimum Gasteiger partial charge on any atom is -0.760 e. The molecular weight excluding hydrogens is 182 g/mol. The van der Waals surface area contributed by atoms with Crippen molar-refractivity contribution in [3.8, 4) is 0 Å². The van der Waals surface area contributed by atoms with E-state index in [0.717, 1.165) is 0 Å². The molecule has 1 N–H and O–H groups in total. The van der Waals surface area contributed by atoms with Gasteiger partial charge >= 0.3 is 0 Å². The number of hydrogen-bond acceptors (Lipinski definition) is 4. The smallest absolute Gasteiger partial charge is 0.0701 e. The van der Waals surface area contributed by atoms with Crippen LogP contribution in [0.15, 0.2) is 0 Å². The van der Waals surface area contributed by atoms with E-state index >= 15 is 0 Å². The monoisotopic (exact) mass is 196 g/mol. The Morgan fingerprint density at radius 3 is 2.58 bits per heavy atom. The molecule has 0 bridgehead atoms. The molecule has 6 heteroatoms. The van der Waals surface area contributed by atoms with Gasteiger partial charge in [-0.15, -0.1) is 0 Å². The summed E-state index contributed by atoms with van der Waals surface area (Å²) in [6, 6.07) is 0. The normalized spacial score (nSPS) is 13.2. The van der Waals surface area contributed by atoms with Crippen molar-refractivity contribution >= 4 is 11.3 Å². The van der Waals surface area contributed by atoms with Gasteiger partial charge in [0.25, 0.3) is 0 Å². The van der Waals surface area contributed by atoms with E-state index in [4.69, 9.17) is 9.47 Å². The first-order chi connectivity index (χ1) is 5.77. The summed E-state index contributed by atoms with van der Waals surface area (Å²) in [6.07, 6.45) is 0. The van der Waals surface area contributed by atoms with Crippen molar-refractivity contribution in [2.75, 3.05) is 33.0 Å². The molecule has 12 heavy (non-hydrogen) atoms. The van der Waals surface area contributed by atoms with Gasteiger partial charge in [-0.05, 0) is 6.92 Å². The number of nitrogens with one attached hydrogen (secondary N) is 1. The summed E-state index contributed by atoms with van der Waals surface area (Å²) in [5.74, 6) is 0. The molecule has 0 aromatic carbocycles. The Morgan fingerprint density at radius 1 is 1.33 bits per heavy atom. The highest BCUT2D eigenvalue weighted by Gasteiger charge is 1.88. The second-order valence-electron chi connectivity index (χ2n) is 1.94. The summed E-state index contributed by atoms with van der Waals surface area (Å²) in [5, 5.41) is 0. The third kappa shape index (κ3) is 9.99. The lowest BCUT2D eigenvalue weighted by Crippen LogP contribution is -2.22. The molecule has 74 valence electrons.